The maximum atomic E-state index is 13.4. The van der Waals surface area contributed by atoms with Crippen LogP contribution in [-0.2, 0) is 14.8 Å². The molecule has 0 heterocycles. The summed E-state index contributed by atoms with van der Waals surface area (Å²) in [4.78, 5) is 13.1. The lowest BCUT2D eigenvalue weighted by Gasteiger charge is -2.26. The van der Waals surface area contributed by atoms with E-state index in [0.29, 0.717) is 5.69 Å². The van der Waals surface area contributed by atoms with Crippen molar-refractivity contribution in [3.8, 4) is 0 Å². The van der Waals surface area contributed by atoms with Crippen LogP contribution in [0, 0.1) is 20.8 Å². The van der Waals surface area contributed by atoms with Gasteiger partial charge in [-0.3, -0.25) is 9.10 Å². The Morgan fingerprint density at radius 3 is 2.13 bits per heavy atom. The van der Waals surface area contributed by atoms with Gasteiger partial charge in [0.05, 0.1) is 16.6 Å². The molecule has 1 N–H and O–H groups in total. The van der Waals surface area contributed by atoms with Crippen LogP contribution in [0.25, 0.3) is 0 Å². The van der Waals surface area contributed by atoms with E-state index in [-0.39, 0.29) is 23.4 Å². The molecule has 0 bridgehead atoms. The third-order valence-corrected chi connectivity index (χ3v) is 6.97. The number of rotatable bonds is 7. The van der Waals surface area contributed by atoms with Gasteiger partial charge in [0.25, 0.3) is 10.0 Å². The van der Waals surface area contributed by atoms with Crippen LogP contribution in [0.3, 0.4) is 0 Å². The van der Waals surface area contributed by atoms with E-state index >= 15 is 0 Å². The molecule has 1 amide bonds. The molecule has 3 aromatic carbocycles. The second kappa shape index (κ2) is 9.35. The van der Waals surface area contributed by atoms with Gasteiger partial charge in [-0.05, 0) is 57.0 Å². The summed E-state index contributed by atoms with van der Waals surface area (Å²) in [5, 5.41) is 2.93. The fourth-order valence-electron chi connectivity index (χ4n) is 3.46. The van der Waals surface area contributed by atoms with Crippen molar-refractivity contribution in [2.24, 2.45) is 0 Å². The average molecular weight is 437 g/mol. The summed E-state index contributed by atoms with van der Waals surface area (Å²) in [5.74, 6) is -0.368. The molecule has 0 aliphatic carbocycles. The molecule has 3 aromatic rings. The van der Waals surface area contributed by atoms with Crippen molar-refractivity contribution in [3.05, 3.63) is 95.1 Å². The predicted octanol–water partition coefficient (Wildman–Crippen LogP) is 4.68. The molecule has 0 aliphatic heterocycles. The van der Waals surface area contributed by atoms with Gasteiger partial charge in [0, 0.05) is 0 Å². The lowest BCUT2D eigenvalue weighted by Crippen LogP contribution is -2.41. The molecule has 1 unspecified atom stereocenters. The summed E-state index contributed by atoms with van der Waals surface area (Å²) < 4.78 is 28.1. The smallest absolute Gasteiger partial charge is 0.264 e. The van der Waals surface area contributed by atoms with E-state index in [9.17, 15) is 13.2 Å². The fraction of sp³-hybridized carbons (Fsp3) is 0.240. The molecule has 0 aromatic heterocycles. The third kappa shape index (κ3) is 5.33. The molecule has 0 spiro atoms. The Hall–Kier alpha value is -3.12. The minimum Gasteiger partial charge on any atom is -0.348 e. The van der Waals surface area contributed by atoms with Gasteiger partial charge < -0.3 is 5.32 Å². The summed E-state index contributed by atoms with van der Waals surface area (Å²) in [7, 11) is -3.92. The van der Waals surface area contributed by atoms with Gasteiger partial charge in [-0.1, -0.05) is 65.7 Å². The number of nitrogens with zero attached hydrogens (tertiary/aromatic N) is 1. The number of nitrogens with one attached hydrogen (secondary N) is 1. The topological polar surface area (TPSA) is 66.5 Å². The first kappa shape index (κ1) is 22.6. The Kier molecular flexibility index (Phi) is 6.81. The molecule has 5 nitrogen and oxygen atoms in total. The van der Waals surface area contributed by atoms with Gasteiger partial charge in [0.2, 0.25) is 5.91 Å². The standard InChI is InChI=1S/C25H28N2O3S/c1-18-10-13-22(14-11-18)21(4)26-25(28)17-27(24-15-12-19(2)16-20(24)3)31(29,30)23-8-6-5-7-9-23/h5-16,21H,17H2,1-4H3,(H,26,28). The van der Waals surface area contributed by atoms with Gasteiger partial charge in [0.15, 0.2) is 0 Å². The van der Waals surface area contributed by atoms with Crippen LogP contribution < -0.4 is 9.62 Å². The van der Waals surface area contributed by atoms with Crippen LogP contribution in [-0.4, -0.2) is 20.9 Å². The first-order chi connectivity index (χ1) is 14.7. The minimum atomic E-state index is -3.92. The average Bonchev–Trinajstić information content (AvgIpc) is 2.73. The number of amides is 1. The summed E-state index contributed by atoms with van der Waals surface area (Å²) in [6.45, 7) is 7.38. The van der Waals surface area contributed by atoms with Crippen molar-refractivity contribution < 1.29 is 13.2 Å². The van der Waals surface area contributed by atoms with E-state index in [1.807, 2.05) is 64.1 Å². The number of anilines is 1. The number of hydrogen-bond donors (Lipinski definition) is 1. The van der Waals surface area contributed by atoms with Gasteiger partial charge in [-0.25, -0.2) is 8.42 Å². The van der Waals surface area contributed by atoms with Crippen molar-refractivity contribution in [1.82, 2.24) is 5.32 Å². The Labute approximate surface area is 184 Å². The zero-order valence-electron chi connectivity index (χ0n) is 18.3. The maximum absolute atomic E-state index is 13.4. The summed E-state index contributed by atoms with van der Waals surface area (Å²) >= 11 is 0. The first-order valence-electron chi connectivity index (χ1n) is 10.2. The SMILES string of the molecule is Cc1ccc(C(C)NC(=O)CN(c2ccc(C)cc2C)S(=O)(=O)c2ccccc2)cc1. The second-order valence-electron chi connectivity index (χ2n) is 7.81. The van der Waals surface area contributed by atoms with E-state index in [0.717, 1.165) is 22.3 Å². The molecular weight excluding hydrogens is 408 g/mol. The Balaban J connectivity index is 1.91. The Bertz CT molecular complexity index is 1160. The Morgan fingerprint density at radius 2 is 1.52 bits per heavy atom. The summed E-state index contributed by atoms with van der Waals surface area (Å²) in [5.41, 5.74) is 4.41. The van der Waals surface area contributed by atoms with Gasteiger partial charge in [0.1, 0.15) is 6.54 Å². The van der Waals surface area contributed by atoms with Crippen molar-refractivity contribution in [2.45, 2.75) is 38.6 Å². The molecule has 0 saturated carbocycles. The van der Waals surface area contributed by atoms with Crippen LogP contribution in [0.5, 0.6) is 0 Å². The minimum absolute atomic E-state index is 0.148. The molecule has 3 rings (SSSR count). The molecule has 0 fully saturated rings. The maximum Gasteiger partial charge on any atom is 0.264 e. The zero-order chi connectivity index (χ0) is 22.6. The van der Waals surface area contributed by atoms with E-state index in [1.165, 1.54) is 4.31 Å². The lowest BCUT2D eigenvalue weighted by atomic mass is 10.1. The number of carbonyl (C=O) groups is 1. The van der Waals surface area contributed by atoms with Gasteiger partial charge in [-0.15, -0.1) is 0 Å². The van der Waals surface area contributed by atoms with Crippen molar-refractivity contribution in [2.75, 3.05) is 10.8 Å². The van der Waals surface area contributed by atoms with Crippen molar-refractivity contribution in [3.63, 3.8) is 0 Å². The molecule has 0 radical (unpaired) electrons. The summed E-state index contributed by atoms with van der Waals surface area (Å²) in [6, 6.07) is 21.4. The Morgan fingerprint density at radius 1 is 0.903 bits per heavy atom. The molecule has 1 atom stereocenters. The van der Waals surface area contributed by atoms with E-state index in [1.54, 1.807) is 36.4 Å². The molecular formula is C25H28N2O3S. The van der Waals surface area contributed by atoms with Gasteiger partial charge >= 0.3 is 0 Å². The highest BCUT2D eigenvalue weighted by molar-refractivity contribution is 7.92. The van der Waals surface area contributed by atoms with E-state index < -0.39 is 10.0 Å². The number of carbonyl (C=O) groups excluding carboxylic acids is 1. The summed E-state index contributed by atoms with van der Waals surface area (Å²) in [6.07, 6.45) is 0. The van der Waals surface area contributed by atoms with Crippen LogP contribution in [0.15, 0.2) is 77.7 Å². The molecule has 0 aliphatic rings. The highest BCUT2D eigenvalue weighted by Gasteiger charge is 2.28. The third-order valence-electron chi connectivity index (χ3n) is 5.19. The van der Waals surface area contributed by atoms with Gasteiger partial charge in [-0.2, -0.15) is 0 Å². The lowest BCUT2D eigenvalue weighted by molar-refractivity contribution is -0.120. The quantitative estimate of drug-likeness (QED) is 0.585. The van der Waals surface area contributed by atoms with Crippen LogP contribution in [0.4, 0.5) is 5.69 Å². The number of hydrogen-bond acceptors (Lipinski definition) is 3. The molecule has 6 heteroatoms. The molecule has 0 saturated heterocycles. The van der Waals surface area contributed by atoms with E-state index in [4.69, 9.17) is 0 Å². The van der Waals surface area contributed by atoms with Crippen LogP contribution in [0.1, 0.15) is 35.2 Å². The molecule has 31 heavy (non-hydrogen) atoms. The number of benzene rings is 3. The zero-order valence-corrected chi connectivity index (χ0v) is 19.1. The normalized spacial score (nSPS) is 12.3. The van der Waals surface area contributed by atoms with Crippen molar-refractivity contribution in [1.29, 1.82) is 0 Å². The predicted molar refractivity (Wildman–Crippen MR) is 125 cm³/mol. The van der Waals surface area contributed by atoms with E-state index in [2.05, 4.69) is 5.32 Å². The number of aryl methyl sites for hydroxylation is 3. The highest BCUT2D eigenvalue weighted by Crippen LogP contribution is 2.27. The first-order valence-corrected chi connectivity index (χ1v) is 11.6. The van der Waals surface area contributed by atoms with Crippen LogP contribution in [0.2, 0.25) is 0 Å². The second-order valence-corrected chi connectivity index (χ2v) is 9.68. The largest absolute Gasteiger partial charge is 0.348 e. The highest BCUT2D eigenvalue weighted by atomic mass is 32.2. The monoisotopic (exact) mass is 436 g/mol. The molecule has 162 valence electrons. The van der Waals surface area contributed by atoms with Crippen molar-refractivity contribution >= 4 is 21.6 Å². The van der Waals surface area contributed by atoms with Crippen LogP contribution >= 0.6 is 0 Å². The fourth-order valence-corrected chi connectivity index (χ4v) is 4.97. The number of sulfonamides is 1.